The second-order valence-corrected chi connectivity index (χ2v) is 8.34. The van der Waals surface area contributed by atoms with Crippen molar-refractivity contribution in [2.24, 2.45) is 5.73 Å². The summed E-state index contributed by atoms with van der Waals surface area (Å²) in [5.41, 5.74) is 5.76. The van der Waals surface area contributed by atoms with E-state index in [1.807, 2.05) is 0 Å². The van der Waals surface area contributed by atoms with Crippen molar-refractivity contribution in [1.82, 2.24) is 9.21 Å². The molecule has 0 radical (unpaired) electrons. The normalized spacial score (nSPS) is 21.8. The molecule has 140 valence electrons. The van der Waals surface area contributed by atoms with Crippen LogP contribution in [0.4, 0.5) is 4.39 Å². The van der Waals surface area contributed by atoms with E-state index in [-0.39, 0.29) is 41.4 Å². The maximum absolute atomic E-state index is 14.4. The van der Waals surface area contributed by atoms with Crippen LogP contribution in [0.3, 0.4) is 0 Å². The Kier molecular flexibility index (Phi) is 6.42. The molecule has 2 heterocycles. The lowest BCUT2D eigenvalue weighted by Gasteiger charge is -2.29. The number of likely N-dealkylation sites (tertiary alicyclic amines) is 1. The standard InChI is InChI=1S/C16H22FN3O3S.ClH/c17-15-10-13(24(22,23)20-9-3-4-12(18)11-20)5-6-14(15)16(21)19-7-1-2-8-19;/h5-6,10,12H,1-4,7-9,11,18H2;1H. The van der Waals surface area contributed by atoms with Gasteiger partial charge >= 0.3 is 0 Å². The van der Waals surface area contributed by atoms with Crippen molar-refractivity contribution in [3.8, 4) is 0 Å². The molecule has 1 aromatic carbocycles. The van der Waals surface area contributed by atoms with Crippen molar-refractivity contribution in [3.05, 3.63) is 29.6 Å². The van der Waals surface area contributed by atoms with Gasteiger partial charge in [-0.1, -0.05) is 0 Å². The lowest BCUT2D eigenvalue weighted by Crippen LogP contribution is -2.45. The Balaban J connectivity index is 0.00000225. The highest BCUT2D eigenvalue weighted by molar-refractivity contribution is 7.89. The van der Waals surface area contributed by atoms with Crippen LogP contribution in [0.2, 0.25) is 0 Å². The molecule has 0 aromatic heterocycles. The summed E-state index contributed by atoms with van der Waals surface area (Å²) < 4.78 is 40.9. The van der Waals surface area contributed by atoms with Crippen molar-refractivity contribution < 1.29 is 17.6 Å². The van der Waals surface area contributed by atoms with Crippen LogP contribution in [0.1, 0.15) is 36.0 Å². The topological polar surface area (TPSA) is 83.7 Å². The van der Waals surface area contributed by atoms with E-state index in [9.17, 15) is 17.6 Å². The highest BCUT2D eigenvalue weighted by atomic mass is 35.5. The zero-order valence-corrected chi connectivity index (χ0v) is 15.5. The molecular weight excluding hydrogens is 369 g/mol. The van der Waals surface area contributed by atoms with Crippen molar-refractivity contribution in [3.63, 3.8) is 0 Å². The van der Waals surface area contributed by atoms with E-state index in [0.717, 1.165) is 25.3 Å². The number of carbonyl (C=O) groups excluding carboxylic acids is 1. The summed E-state index contributed by atoms with van der Waals surface area (Å²) in [4.78, 5) is 13.7. The zero-order valence-electron chi connectivity index (χ0n) is 13.9. The minimum atomic E-state index is -3.79. The number of hydrogen-bond acceptors (Lipinski definition) is 4. The van der Waals surface area contributed by atoms with Crippen molar-refractivity contribution in [1.29, 1.82) is 0 Å². The van der Waals surface area contributed by atoms with Crippen LogP contribution in [0.5, 0.6) is 0 Å². The molecule has 1 amide bonds. The van der Waals surface area contributed by atoms with Gasteiger partial charge < -0.3 is 10.6 Å². The fourth-order valence-electron chi connectivity index (χ4n) is 3.26. The third-order valence-corrected chi connectivity index (χ3v) is 6.48. The molecule has 0 spiro atoms. The van der Waals surface area contributed by atoms with Gasteiger partial charge in [0.1, 0.15) is 5.82 Å². The van der Waals surface area contributed by atoms with E-state index in [0.29, 0.717) is 26.1 Å². The first kappa shape index (κ1) is 20.1. The third-order valence-electron chi connectivity index (χ3n) is 4.62. The Bertz CT molecular complexity index is 738. The maximum Gasteiger partial charge on any atom is 0.256 e. The summed E-state index contributed by atoms with van der Waals surface area (Å²) in [6.07, 6.45) is 3.29. The number of benzene rings is 1. The van der Waals surface area contributed by atoms with Gasteiger partial charge in [0.15, 0.2) is 0 Å². The molecule has 1 aromatic rings. The Labute approximate surface area is 153 Å². The van der Waals surface area contributed by atoms with Crippen LogP contribution in [0.15, 0.2) is 23.1 Å². The molecule has 1 unspecified atom stereocenters. The minimum absolute atomic E-state index is 0. The first-order valence-electron chi connectivity index (χ1n) is 8.24. The van der Waals surface area contributed by atoms with Crippen LogP contribution in [0, 0.1) is 5.82 Å². The van der Waals surface area contributed by atoms with Crippen LogP contribution in [-0.2, 0) is 10.0 Å². The van der Waals surface area contributed by atoms with Crippen LogP contribution in [-0.4, -0.2) is 55.8 Å². The smallest absolute Gasteiger partial charge is 0.256 e. The number of rotatable bonds is 3. The number of amides is 1. The molecule has 2 saturated heterocycles. The fourth-order valence-corrected chi connectivity index (χ4v) is 4.81. The van der Waals surface area contributed by atoms with Crippen molar-refractivity contribution in [2.75, 3.05) is 26.2 Å². The average Bonchev–Trinajstić information content (AvgIpc) is 3.08. The maximum atomic E-state index is 14.4. The predicted molar refractivity (Wildman–Crippen MR) is 94.8 cm³/mol. The first-order chi connectivity index (χ1) is 11.4. The molecule has 25 heavy (non-hydrogen) atoms. The number of hydrogen-bond donors (Lipinski definition) is 1. The lowest BCUT2D eigenvalue weighted by atomic mass is 10.1. The van der Waals surface area contributed by atoms with Crippen LogP contribution < -0.4 is 5.73 Å². The number of nitrogens with zero attached hydrogens (tertiary/aromatic N) is 2. The fraction of sp³-hybridized carbons (Fsp3) is 0.562. The molecule has 2 aliphatic heterocycles. The Morgan fingerprint density at radius 1 is 1.16 bits per heavy atom. The number of carbonyl (C=O) groups is 1. The van der Waals surface area contributed by atoms with E-state index < -0.39 is 15.8 Å². The molecular formula is C16H23ClFN3O3S. The number of sulfonamides is 1. The Morgan fingerprint density at radius 3 is 2.44 bits per heavy atom. The predicted octanol–water partition coefficient (Wildman–Crippen LogP) is 1.60. The van der Waals surface area contributed by atoms with E-state index in [1.165, 1.54) is 16.4 Å². The highest BCUT2D eigenvalue weighted by Gasteiger charge is 2.30. The second-order valence-electron chi connectivity index (χ2n) is 6.41. The first-order valence-corrected chi connectivity index (χ1v) is 9.68. The number of piperidine rings is 1. The lowest BCUT2D eigenvalue weighted by molar-refractivity contribution is 0.0788. The number of halogens is 2. The van der Waals surface area contributed by atoms with Crippen LogP contribution >= 0.6 is 12.4 Å². The summed E-state index contributed by atoms with van der Waals surface area (Å²) in [7, 11) is -3.79. The molecule has 2 aliphatic rings. The Morgan fingerprint density at radius 2 is 1.84 bits per heavy atom. The molecule has 0 saturated carbocycles. The summed E-state index contributed by atoms with van der Waals surface area (Å²) in [6, 6.07) is 3.32. The zero-order chi connectivity index (χ0) is 17.3. The molecule has 3 rings (SSSR count). The molecule has 6 nitrogen and oxygen atoms in total. The van der Waals surface area contributed by atoms with E-state index in [4.69, 9.17) is 5.73 Å². The number of nitrogens with two attached hydrogens (primary N) is 1. The SMILES string of the molecule is Cl.NC1CCCN(S(=O)(=O)c2ccc(C(=O)N3CCCC3)c(F)c2)C1. The van der Waals surface area contributed by atoms with E-state index in [2.05, 4.69) is 0 Å². The van der Waals surface area contributed by atoms with E-state index >= 15 is 0 Å². The average molecular weight is 392 g/mol. The molecule has 0 aliphatic carbocycles. The molecule has 0 bridgehead atoms. The Hall–Kier alpha value is -1.22. The van der Waals surface area contributed by atoms with Gasteiger partial charge in [0, 0.05) is 32.2 Å². The molecule has 2 N–H and O–H groups in total. The molecule has 1 atom stereocenters. The monoisotopic (exact) mass is 391 g/mol. The largest absolute Gasteiger partial charge is 0.339 e. The summed E-state index contributed by atoms with van der Waals surface area (Å²) in [5.74, 6) is -1.18. The van der Waals surface area contributed by atoms with Gasteiger partial charge in [-0.15, -0.1) is 12.4 Å². The second kappa shape index (κ2) is 7.99. The quantitative estimate of drug-likeness (QED) is 0.848. The minimum Gasteiger partial charge on any atom is -0.339 e. The summed E-state index contributed by atoms with van der Waals surface area (Å²) >= 11 is 0. The van der Waals surface area contributed by atoms with Gasteiger partial charge in [-0.2, -0.15) is 4.31 Å². The van der Waals surface area contributed by atoms with Gasteiger partial charge in [0.2, 0.25) is 10.0 Å². The highest BCUT2D eigenvalue weighted by Crippen LogP contribution is 2.23. The van der Waals surface area contributed by atoms with Crippen LogP contribution in [0.25, 0.3) is 0 Å². The van der Waals surface area contributed by atoms with Gasteiger partial charge in [-0.3, -0.25) is 4.79 Å². The van der Waals surface area contributed by atoms with E-state index in [1.54, 1.807) is 4.90 Å². The van der Waals surface area contributed by atoms with Gasteiger partial charge in [0.25, 0.3) is 5.91 Å². The van der Waals surface area contributed by atoms with Gasteiger partial charge in [-0.05, 0) is 43.9 Å². The van der Waals surface area contributed by atoms with Crippen molar-refractivity contribution >= 4 is 28.3 Å². The molecule has 2 fully saturated rings. The molecule has 9 heteroatoms. The summed E-state index contributed by atoms with van der Waals surface area (Å²) in [5, 5.41) is 0. The van der Waals surface area contributed by atoms with Gasteiger partial charge in [0.05, 0.1) is 10.5 Å². The summed E-state index contributed by atoms with van der Waals surface area (Å²) in [6.45, 7) is 1.85. The third kappa shape index (κ3) is 4.13. The van der Waals surface area contributed by atoms with Gasteiger partial charge in [-0.25, -0.2) is 12.8 Å². The van der Waals surface area contributed by atoms with Crippen molar-refractivity contribution in [2.45, 2.75) is 36.6 Å².